The molecule has 0 N–H and O–H groups in total. The summed E-state index contributed by atoms with van der Waals surface area (Å²) < 4.78 is 2.23. The quantitative estimate of drug-likeness (QED) is 0.769. The van der Waals surface area contributed by atoms with Crippen molar-refractivity contribution in [2.45, 2.75) is 39.7 Å². The lowest BCUT2D eigenvalue weighted by Crippen LogP contribution is -2.01. The summed E-state index contributed by atoms with van der Waals surface area (Å²) in [6, 6.07) is 6.94. The second-order valence-electron chi connectivity index (χ2n) is 5.00. The SMILES string of the molecule is Cc1ncn(Cc2ccc3c(c2)CCC3)c1C. The van der Waals surface area contributed by atoms with Gasteiger partial charge in [0, 0.05) is 12.2 Å². The first-order chi connectivity index (χ1) is 8.24. The Bertz CT molecular complexity index is 552. The molecule has 2 heteroatoms. The van der Waals surface area contributed by atoms with Crippen molar-refractivity contribution < 1.29 is 0 Å². The molecule has 0 radical (unpaired) electrons. The van der Waals surface area contributed by atoms with E-state index in [4.69, 9.17) is 0 Å². The highest BCUT2D eigenvalue weighted by Crippen LogP contribution is 2.23. The Hall–Kier alpha value is -1.57. The summed E-state index contributed by atoms with van der Waals surface area (Å²) in [7, 11) is 0. The smallest absolute Gasteiger partial charge is 0.0954 e. The second-order valence-corrected chi connectivity index (χ2v) is 5.00. The molecule has 1 aliphatic rings. The summed E-state index contributed by atoms with van der Waals surface area (Å²) in [5, 5.41) is 0. The maximum atomic E-state index is 4.35. The first-order valence-electron chi connectivity index (χ1n) is 6.33. The molecule has 1 aromatic carbocycles. The summed E-state index contributed by atoms with van der Waals surface area (Å²) in [6.45, 7) is 5.14. The number of rotatable bonds is 2. The van der Waals surface area contributed by atoms with Crippen LogP contribution in [0.3, 0.4) is 0 Å². The molecular formula is C15H18N2. The molecule has 0 saturated carbocycles. The van der Waals surface area contributed by atoms with Gasteiger partial charge in [-0.25, -0.2) is 4.98 Å². The van der Waals surface area contributed by atoms with Crippen molar-refractivity contribution in [3.8, 4) is 0 Å². The topological polar surface area (TPSA) is 17.8 Å². The van der Waals surface area contributed by atoms with E-state index in [-0.39, 0.29) is 0 Å². The van der Waals surface area contributed by atoms with Crippen LogP contribution in [0.15, 0.2) is 24.5 Å². The van der Waals surface area contributed by atoms with Gasteiger partial charge in [-0.2, -0.15) is 0 Å². The Morgan fingerprint density at radius 2 is 2.00 bits per heavy atom. The number of benzene rings is 1. The zero-order chi connectivity index (χ0) is 11.8. The van der Waals surface area contributed by atoms with Crippen molar-refractivity contribution >= 4 is 0 Å². The Morgan fingerprint density at radius 3 is 2.76 bits per heavy atom. The van der Waals surface area contributed by atoms with Gasteiger partial charge in [-0.1, -0.05) is 18.2 Å². The van der Waals surface area contributed by atoms with Crippen molar-refractivity contribution in [1.82, 2.24) is 9.55 Å². The zero-order valence-corrected chi connectivity index (χ0v) is 10.5. The van der Waals surface area contributed by atoms with E-state index in [0.29, 0.717) is 0 Å². The minimum absolute atomic E-state index is 0.944. The van der Waals surface area contributed by atoms with Gasteiger partial charge in [0.25, 0.3) is 0 Å². The molecule has 0 unspecified atom stereocenters. The minimum atomic E-state index is 0.944. The molecule has 2 aromatic rings. The van der Waals surface area contributed by atoms with Gasteiger partial charge in [-0.05, 0) is 49.8 Å². The highest BCUT2D eigenvalue weighted by molar-refractivity contribution is 5.35. The van der Waals surface area contributed by atoms with Crippen LogP contribution in [0.5, 0.6) is 0 Å². The first kappa shape index (κ1) is 10.6. The molecule has 0 spiro atoms. The predicted octanol–water partition coefficient (Wildman–Crippen LogP) is 3.04. The average Bonchev–Trinajstić information content (AvgIpc) is 2.90. The van der Waals surface area contributed by atoms with Gasteiger partial charge in [0.2, 0.25) is 0 Å². The zero-order valence-electron chi connectivity index (χ0n) is 10.5. The molecular weight excluding hydrogens is 208 g/mol. The molecule has 0 aliphatic heterocycles. The van der Waals surface area contributed by atoms with Crippen LogP contribution >= 0.6 is 0 Å². The molecule has 17 heavy (non-hydrogen) atoms. The number of aromatic nitrogens is 2. The van der Waals surface area contributed by atoms with Crippen LogP contribution in [0, 0.1) is 13.8 Å². The molecule has 0 atom stereocenters. The Balaban J connectivity index is 1.88. The van der Waals surface area contributed by atoms with Gasteiger partial charge in [0.1, 0.15) is 0 Å². The Labute approximate surface area is 102 Å². The Morgan fingerprint density at radius 1 is 1.18 bits per heavy atom. The number of aryl methyl sites for hydroxylation is 3. The van der Waals surface area contributed by atoms with Gasteiger partial charge in [0.15, 0.2) is 0 Å². The third kappa shape index (κ3) is 1.88. The molecule has 0 fully saturated rings. The highest BCUT2D eigenvalue weighted by atomic mass is 15.0. The monoisotopic (exact) mass is 226 g/mol. The second kappa shape index (κ2) is 4.02. The minimum Gasteiger partial charge on any atom is -0.330 e. The standard InChI is InChI=1S/C15H18N2/c1-11-12(2)17(10-16-11)9-13-6-7-14-4-3-5-15(14)8-13/h6-8,10H,3-5,9H2,1-2H3. The highest BCUT2D eigenvalue weighted by Gasteiger charge is 2.11. The van der Waals surface area contributed by atoms with E-state index in [1.165, 1.54) is 30.5 Å². The molecule has 1 aromatic heterocycles. The van der Waals surface area contributed by atoms with Crippen LogP contribution in [-0.2, 0) is 19.4 Å². The molecule has 3 rings (SSSR count). The van der Waals surface area contributed by atoms with E-state index in [2.05, 4.69) is 41.6 Å². The van der Waals surface area contributed by atoms with Gasteiger partial charge in [0.05, 0.1) is 12.0 Å². The number of fused-ring (bicyclic) bond motifs is 1. The van der Waals surface area contributed by atoms with Crippen LogP contribution in [0.2, 0.25) is 0 Å². The van der Waals surface area contributed by atoms with Crippen molar-refractivity contribution in [2.75, 3.05) is 0 Å². The lowest BCUT2D eigenvalue weighted by Gasteiger charge is -2.08. The molecule has 88 valence electrons. The van der Waals surface area contributed by atoms with Gasteiger partial charge < -0.3 is 4.57 Å². The summed E-state index contributed by atoms with van der Waals surface area (Å²) in [6.07, 6.45) is 5.78. The number of imidazole rings is 1. The summed E-state index contributed by atoms with van der Waals surface area (Å²) in [4.78, 5) is 4.35. The van der Waals surface area contributed by atoms with E-state index in [1.54, 1.807) is 11.1 Å². The summed E-state index contributed by atoms with van der Waals surface area (Å²) >= 11 is 0. The molecule has 2 nitrogen and oxygen atoms in total. The van der Waals surface area contributed by atoms with E-state index < -0.39 is 0 Å². The van der Waals surface area contributed by atoms with Gasteiger partial charge in [-0.3, -0.25) is 0 Å². The summed E-state index contributed by atoms with van der Waals surface area (Å²) in [5.74, 6) is 0. The number of nitrogens with zero attached hydrogens (tertiary/aromatic N) is 2. The first-order valence-corrected chi connectivity index (χ1v) is 6.33. The maximum Gasteiger partial charge on any atom is 0.0954 e. The fraction of sp³-hybridized carbons (Fsp3) is 0.400. The average molecular weight is 226 g/mol. The Kier molecular flexibility index (Phi) is 2.50. The molecule has 1 heterocycles. The largest absolute Gasteiger partial charge is 0.330 e. The van der Waals surface area contributed by atoms with Crippen molar-refractivity contribution in [3.63, 3.8) is 0 Å². The molecule has 0 bridgehead atoms. The lowest BCUT2D eigenvalue weighted by atomic mass is 10.1. The third-order valence-corrected chi connectivity index (χ3v) is 3.86. The molecule has 1 aliphatic carbocycles. The van der Waals surface area contributed by atoms with Crippen molar-refractivity contribution in [3.05, 3.63) is 52.6 Å². The fourth-order valence-electron chi connectivity index (χ4n) is 2.62. The molecule has 0 saturated heterocycles. The lowest BCUT2D eigenvalue weighted by molar-refractivity contribution is 0.767. The van der Waals surface area contributed by atoms with Crippen LogP contribution in [0.1, 0.15) is 34.5 Å². The van der Waals surface area contributed by atoms with Crippen LogP contribution in [0.25, 0.3) is 0 Å². The summed E-state index contributed by atoms with van der Waals surface area (Å²) in [5.41, 5.74) is 6.90. The predicted molar refractivity (Wildman–Crippen MR) is 69.3 cm³/mol. The van der Waals surface area contributed by atoms with E-state index in [0.717, 1.165) is 12.2 Å². The number of hydrogen-bond acceptors (Lipinski definition) is 1. The van der Waals surface area contributed by atoms with E-state index in [1.807, 2.05) is 6.33 Å². The van der Waals surface area contributed by atoms with Gasteiger partial charge >= 0.3 is 0 Å². The van der Waals surface area contributed by atoms with E-state index >= 15 is 0 Å². The normalized spacial score (nSPS) is 14.0. The van der Waals surface area contributed by atoms with Crippen molar-refractivity contribution in [1.29, 1.82) is 0 Å². The third-order valence-electron chi connectivity index (χ3n) is 3.86. The van der Waals surface area contributed by atoms with Crippen LogP contribution in [-0.4, -0.2) is 9.55 Å². The van der Waals surface area contributed by atoms with Crippen molar-refractivity contribution in [2.24, 2.45) is 0 Å². The van der Waals surface area contributed by atoms with E-state index in [9.17, 15) is 0 Å². The number of hydrogen-bond donors (Lipinski definition) is 0. The van der Waals surface area contributed by atoms with Crippen LogP contribution in [0.4, 0.5) is 0 Å². The van der Waals surface area contributed by atoms with Crippen LogP contribution < -0.4 is 0 Å². The molecule has 0 amide bonds. The maximum absolute atomic E-state index is 4.35. The van der Waals surface area contributed by atoms with Gasteiger partial charge in [-0.15, -0.1) is 0 Å². The fourth-order valence-corrected chi connectivity index (χ4v) is 2.62.